The van der Waals surface area contributed by atoms with Gasteiger partial charge in [0.25, 0.3) is 0 Å². The molecule has 0 atom stereocenters. The molecule has 21 heavy (non-hydrogen) atoms. The Morgan fingerprint density at radius 2 is 2.19 bits per heavy atom. The lowest BCUT2D eigenvalue weighted by molar-refractivity contribution is 0.0568. The second kappa shape index (κ2) is 5.57. The predicted molar refractivity (Wildman–Crippen MR) is 74.4 cm³/mol. The molecule has 2 N–H and O–H groups in total. The fourth-order valence-electron chi connectivity index (χ4n) is 2.27. The third kappa shape index (κ3) is 2.98. The van der Waals surface area contributed by atoms with Crippen molar-refractivity contribution in [1.29, 1.82) is 0 Å². The number of nitrogens with one attached hydrogen (secondary N) is 1. The van der Waals surface area contributed by atoms with Crippen molar-refractivity contribution < 1.29 is 13.9 Å². The van der Waals surface area contributed by atoms with E-state index in [1.54, 1.807) is 6.07 Å². The molecule has 112 valence electrons. The summed E-state index contributed by atoms with van der Waals surface area (Å²) in [6.07, 6.45) is 3.71. The number of alkyl halides is 2. The Balaban J connectivity index is 1.89. The molecule has 2 aromatic rings. The molecule has 2 aromatic heterocycles. The Kier molecular flexibility index (Phi) is 3.77. The van der Waals surface area contributed by atoms with Crippen molar-refractivity contribution in [2.24, 2.45) is 0 Å². The van der Waals surface area contributed by atoms with Gasteiger partial charge < -0.3 is 10.4 Å². The number of nitrogens with zero attached hydrogens (tertiary/aromatic N) is 3. The number of rotatable bonds is 4. The van der Waals surface area contributed by atoms with Crippen molar-refractivity contribution in [2.45, 2.75) is 31.5 Å². The van der Waals surface area contributed by atoms with E-state index < -0.39 is 6.55 Å². The topological polar surface area (TPSA) is 63.0 Å². The van der Waals surface area contributed by atoms with Crippen LogP contribution in [0.5, 0.6) is 0 Å². The van der Waals surface area contributed by atoms with E-state index in [4.69, 9.17) is 11.6 Å². The summed E-state index contributed by atoms with van der Waals surface area (Å²) in [6, 6.07) is 3.26. The number of aliphatic hydroxyl groups is 1. The zero-order chi connectivity index (χ0) is 15.0. The van der Waals surface area contributed by atoms with E-state index in [9.17, 15) is 13.9 Å². The molecule has 1 fully saturated rings. The van der Waals surface area contributed by atoms with Crippen LogP contribution in [0.2, 0.25) is 5.15 Å². The van der Waals surface area contributed by atoms with E-state index in [-0.39, 0.29) is 12.1 Å². The van der Waals surface area contributed by atoms with Crippen LogP contribution in [0.15, 0.2) is 24.5 Å². The van der Waals surface area contributed by atoms with Crippen molar-refractivity contribution >= 4 is 17.3 Å². The zero-order valence-corrected chi connectivity index (χ0v) is 11.6. The van der Waals surface area contributed by atoms with Gasteiger partial charge in [-0.15, -0.1) is 0 Å². The van der Waals surface area contributed by atoms with Crippen LogP contribution in [0, 0.1) is 0 Å². The maximum Gasteiger partial charge on any atom is 0.333 e. The van der Waals surface area contributed by atoms with Gasteiger partial charge in [0.05, 0.1) is 11.8 Å². The molecule has 0 unspecified atom stereocenters. The lowest BCUT2D eigenvalue weighted by Crippen LogP contribution is -2.39. The monoisotopic (exact) mass is 314 g/mol. The Hall–Kier alpha value is -1.73. The van der Waals surface area contributed by atoms with Crippen LogP contribution < -0.4 is 5.32 Å². The van der Waals surface area contributed by atoms with Gasteiger partial charge in [-0.3, -0.25) is 0 Å². The number of pyridine rings is 1. The summed E-state index contributed by atoms with van der Waals surface area (Å²) in [4.78, 5) is 3.98. The van der Waals surface area contributed by atoms with Crippen molar-refractivity contribution in [1.82, 2.24) is 14.8 Å². The molecule has 0 bridgehead atoms. The third-order valence-corrected chi connectivity index (χ3v) is 3.63. The minimum absolute atomic E-state index is 0.134. The van der Waals surface area contributed by atoms with Gasteiger partial charge in [-0.2, -0.15) is 13.9 Å². The molecule has 0 spiro atoms. The summed E-state index contributed by atoms with van der Waals surface area (Å²) in [5, 5.41) is 16.7. The van der Waals surface area contributed by atoms with Gasteiger partial charge in [-0.05, 0) is 25.0 Å². The average Bonchev–Trinajstić information content (AvgIpc) is 2.87. The fraction of sp³-hybridized carbons (Fsp3) is 0.385. The lowest BCUT2D eigenvalue weighted by Gasteiger charge is -2.33. The van der Waals surface area contributed by atoms with Crippen molar-refractivity contribution in [3.8, 4) is 11.3 Å². The molecule has 0 radical (unpaired) electrons. The van der Waals surface area contributed by atoms with Crippen LogP contribution in [0.1, 0.15) is 19.4 Å². The molecule has 1 aliphatic carbocycles. The zero-order valence-electron chi connectivity index (χ0n) is 10.9. The SMILES string of the molecule is OC1CC(Nc2cc(Cl)ncc2-c2ccn(C(F)F)n2)C1. The Bertz CT molecular complexity index is 643. The van der Waals surface area contributed by atoms with Crippen molar-refractivity contribution in [2.75, 3.05) is 5.32 Å². The van der Waals surface area contributed by atoms with E-state index in [0.29, 0.717) is 39.6 Å². The number of aromatic nitrogens is 3. The highest BCUT2D eigenvalue weighted by molar-refractivity contribution is 6.29. The van der Waals surface area contributed by atoms with Gasteiger partial charge in [0, 0.05) is 29.7 Å². The van der Waals surface area contributed by atoms with Crippen LogP contribution in [-0.2, 0) is 0 Å². The molecule has 0 aliphatic heterocycles. The molecule has 1 aliphatic rings. The maximum absolute atomic E-state index is 12.6. The summed E-state index contributed by atoms with van der Waals surface area (Å²) >= 11 is 5.89. The first-order valence-corrected chi connectivity index (χ1v) is 6.84. The summed E-state index contributed by atoms with van der Waals surface area (Å²) in [7, 11) is 0. The van der Waals surface area contributed by atoms with Gasteiger partial charge in [-0.1, -0.05) is 11.6 Å². The number of anilines is 1. The van der Waals surface area contributed by atoms with E-state index in [1.165, 1.54) is 18.5 Å². The van der Waals surface area contributed by atoms with Crippen LogP contribution >= 0.6 is 11.6 Å². The normalized spacial score (nSPS) is 21.4. The molecule has 2 heterocycles. The highest BCUT2D eigenvalue weighted by Crippen LogP contribution is 2.32. The van der Waals surface area contributed by atoms with E-state index in [1.807, 2.05) is 0 Å². The highest BCUT2D eigenvalue weighted by Gasteiger charge is 2.28. The first-order valence-electron chi connectivity index (χ1n) is 6.47. The number of aliphatic hydroxyl groups excluding tert-OH is 1. The molecule has 1 saturated carbocycles. The molecule has 3 rings (SSSR count). The number of hydrogen-bond acceptors (Lipinski definition) is 4. The van der Waals surface area contributed by atoms with Crippen LogP contribution in [0.3, 0.4) is 0 Å². The number of hydrogen-bond donors (Lipinski definition) is 2. The van der Waals surface area contributed by atoms with Crippen molar-refractivity contribution in [3.63, 3.8) is 0 Å². The fourth-order valence-corrected chi connectivity index (χ4v) is 2.43. The lowest BCUT2D eigenvalue weighted by atomic mass is 9.89. The second-order valence-electron chi connectivity index (χ2n) is 4.98. The van der Waals surface area contributed by atoms with Gasteiger partial charge in [0.15, 0.2) is 0 Å². The van der Waals surface area contributed by atoms with E-state index in [0.717, 1.165) is 0 Å². The minimum atomic E-state index is -2.68. The minimum Gasteiger partial charge on any atom is -0.393 e. The molecule has 8 heteroatoms. The summed E-state index contributed by atoms with van der Waals surface area (Å²) in [6.45, 7) is -2.68. The third-order valence-electron chi connectivity index (χ3n) is 3.43. The van der Waals surface area contributed by atoms with Crippen molar-refractivity contribution in [3.05, 3.63) is 29.7 Å². The quantitative estimate of drug-likeness (QED) is 0.852. The summed E-state index contributed by atoms with van der Waals surface area (Å²) in [5.74, 6) is 0. The molecule has 0 aromatic carbocycles. The maximum atomic E-state index is 12.6. The predicted octanol–water partition coefficient (Wildman–Crippen LogP) is 2.93. The summed E-state index contributed by atoms with van der Waals surface area (Å²) < 4.78 is 25.8. The van der Waals surface area contributed by atoms with Crippen LogP contribution in [0.25, 0.3) is 11.3 Å². The van der Waals surface area contributed by atoms with Gasteiger partial charge >= 0.3 is 6.55 Å². The molecule has 5 nitrogen and oxygen atoms in total. The van der Waals surface area contributed by atoms with Crippen LogP contribution in [0.4, 0.5) is 14.5 Å². The largest absolute Gasteiger partial charge is 0.393 e. The van der Waals surface area contributed by atoms with Gasteiger partial charge in [0.2, 0.25) is 0 Å². The average molecular weight is 315 g/mol. The first-order chi connectivity index (χ1) is 10.0. The Morgan fingerprint density at radius 3 is 2.81 bits per heavy atom. The van der Waals surface area contributed by atoms with E-state index >= 15 is 0 Å². The standard InChI is InChI=1S/C13H13ClF2N4O/c14-12-5-11(18-7-3-8(21)4-7)9(6-17-12)10-1-2-20(19-10)13(15)16/h1-2,5-8,13,21H,3-4H2,(H,17,18). The highest BCUT2D eigenvalue weighted by atomic mass is 35.5. The molecular formula is C13H13ClF2N4O. The molecule has 0 saturated heterocycles. The molecule has 0 amide bonds. The molecular weight excluding hydrogens is 302 g/mol. The second-order valence-corrected chi connectivity index (χ2v) is 5.36. The van der Waals surface area contributed by atoms with Crippen LogP contribution in [-0.4, -0.2) is 32.0 Å². The smallest absolute Gasteiger partial charge is 0.333 e. The Morgan fingerprint density at radius 1 is 1.43 bits per heavy atom. The van der Waals surface area contributed by atoms with Gasteiger partial charge in [0.1, 0.15) is 5.15 Å². The van der Waals surface area contributed by atoms with Gasteiger partial charge in [-0.25, -0.2) is 9.67 Å². The summed E-state index contributed by atoms with van der Waals surface area (Å²) in [5.41, 5.74) is 1.66. The Labute approximate surface area is 124 Å². The number of halogens is 3. The first kappa shape index (κ1) is 14.2. The van der Waals surface area contributed by atoms with E-state index in [2.05, 4.69) is 15.4 Å².